The number of fused-ring (bicyclic) bond motifs is 1. The highest BCUT2D eigenvalue weighted by Crippen LogP contribution is 2.05. The van der Waals surface area contributed by atoms with E-state index in [4.69, 9.17) is 0 Å². The van der Waals surface area contributed by atoms with Gasteiger partial charge in [-0.05, 0) is 17.7 Å². The van der Waals surface area contributed by atoms with E-state index in [1.54, 1.807) is 17.3 Å². The van der Waals surface area contributed by atoms with Crippen LogP contribution in [0.25, 0.3) is 0 Å². The first-order chi connectivity index (χ1) is 9.35. The van der Waals surface area contributed by atoms with Gasteiger partial charge < -0.3 is 0 Å². The second-order valence-electron chi connectivity index (χ2n) is 4.04. The summed E-state index contributed by atoms with van der Waals surface area (Å²) in [6.07, 6.45) is 4.52. The molecule has 7 heteroatoms. The van der Waals surface area contributed by atoms with Crippen LogP contribution in [0.5, 0.6) is 0 Å². The molecule has 0 aliphatic carbocycles. The zero-order valence-electron chi connectivity index (χ0n) is 10.00. The number of benzene rings is 1. The summed E-state index contributed by atoms with van der Waals surface area (Å²) in [5.41, 5.74) is 10.2. The largest absolute Gasteiger partial charge is 0.298 e. The maximum atomic E-state index is 10.6. The summed E-state index contributed by atoms with van der Waals surface area (Å²) in [4.78, 5) is 15.0. The van der Waals surface area contributed by atoms with Crippen molar-refractivity contribution in [1.82, 2.24) is 21.6 Å². The number of hydrogen-bond acceptors (Lipinski definition) is 6. The fraction of sp³-hybridized carbons (Fsp3) is 0.0833. The molecule has 19 heavy (non-hydrogen) atoms. The van der Waals surface area contributed by atoms with Crippen LogP contribution < -0.4 is 16.5 Å². The van der Waals surface area contributed by atoms with E-state index in [9.17, 15) is 4.79 Å². The van der Waals surface area contributed by atoms with Crippen molar-refractivity contribution >= 4 is 18.0 Å². The standard InChI is InChI=1S/C12H12N6O/c19-8-10-3-1-9(2-4-10)7-13-11-5-6-12-14-16-17-18(12)15-11/h1-6,8,16-17H,7H2,(H,13,15). The third kappa shape index (κ3) is 2.45. The third-order valence-corrected chi connectivity index (χ3v) is 2.73. The Balaban J connectivity index is 1.67. The zero-order valence-corrected chi connectivity index (χ0v) is 10.00. The van der Waals surface area contributed by atoms with E-state index in [0.29, 0.717) is 12.1 Å². The van der Waals surface area contributed by atoms with E-state index < -0.39 is 0 Å². The normalized spacial score (nSPS) is 18.6. The number of amidine groups is 2. The molecule has 1 aromatic rings. The van der Waals surface area contributed by atoms with Gasteiger partial charge in [-0.25, -0.2) is 5.53 Å². The average molecular weight is 256 g/mol. The molecule has 2 heterocycles. The van der Waals surface area contributed by atoms with Gasteiger partial charge in [0.2, 0.25) is 0 Å². The van der Waals surface area contributed by atoms with E-state index in [0.717, 1.165) is 23.5 Å². The number of aldehydes is 1. The average Bonchev–Trinajstić information content (AvgIpc) is 2.93. The molecule has 1 aromatic carbocycles. The third-order valence-electron chi connectivity index (χ3n) is 2.73. The summed E-state index contributed by atoms with van der Waals surface area (Å²) < 4.78 is 0. The Hall–Kier alpha value is -2.67. The Bertz CT molecular complexity index is 574. The van der Waals surface area contributed by atoms with Gasteiger partial charge in [0.1, 0.15) is 12.1 Å². The highest BCUT2D eigenvalue weighted by atomic mass is 16.1. The minimum Gasteiger partial charge on any atom is -0.298 e. The molecule has 0 spiro atoms. The Morgan fingerprint density at radius 2 is 2.11 bits per heavy atom. The number of hydrogen-bond donors (Lipinski definition) is 3. The summed E-state index contributed by atoms with van der Waals surface area (Å²) in [5, 5.41) is 5.61. The van der Waals surface area contributed by atoms with Crippen molar-refractivity contribution in [3.63, 3.8) is 0 Å². The molecule has 0 saturated carbocycles. The lowest BCUT2D eigenvalue weighted by molar-refractivity contribution is 0.112. The van der Waals surface area contributed by atoms with Crippen molar-refractivity contribution in [2.45, 2.75) is 6.54 Å². The van der Waals surface area contributed by atoms with E-state index in [1.807, 2.05) is 24.3 Å². The van der Waals surface area contributed by atoms with Crippen molar-refractivity contribution in [3.05, 3.63) is 47.5 Å². The number of rotatable bonds is 3. The molecule has 96 valence electrons. The van der Waals surface area contributed by atoms with Crippen molar-refractivity contribution in [2.24, 2.45) is 10.1 Å². The minimum atomic E-state index is 0.541. The van der Waals surface area contributed by atoms with Gasteiger partial charge in [-0.3, -0.25) is 15.2 Å². The van der Waals surface area contributed by atoms with E-state index in [-0.39, 0.29) is 0 Å². The molecule has 2 aliphatic heterocycles. The van der Waals surface area contributed by atoms with Gasteiger partial charge in [0, 0.05) is 5.56 Å². The highest BCUT2D eigenvalue weighted by molar-refractivity contribution is 6.06. The second kappa shape index (κ2) is 4.91. The van der Waals surface area contributed by atoms with Gasteiger partial charge in [-0.15, -0.1) is 10.6 Å². The van der Waals surface area contributed by atoms with E-state index >= 15 is 0 Å². The number of hydrazine groups is 3. The first kappa shape index (κ1) is 11.4. The molecule has 3 rings (SSSR count). The van der Waals surface area contributed by atoms with Crippen LogP contribution in [-0.2, 0) is 6.54 Å². The van der Waals surface area contributed by atoms with Gasteiger partial charge in [0.25, 0.3) is 0 Å². The molecule has 0 aromatic heterocycles. The molecule has 0 radical (unpaired) electrons. The Labute approximate surface area is 109 Å². The fourth-order valence-corrected chi connectivity index (χ4v) is 1.71. The number of hydrazone groups is 1. The number of aliphatic imine (C=N–C) groups is 1. The van der Waals surface area contributed by atoms with Crippen molar-refractivity contribution in [2.75, 3.05) is 0 Å². The molecule has 0 amide bonds. The molecule has 3 N–H and O–H groups in total. The smallest absolute Gasteiger partial charge is 0.187 e. The predicted molar refractivity (Wildman–Crippen MR) is 70.8 cm³/mol. The molecule has 0 unspecified atom stereocenters. The van der Waals surface area contributed by atoms with Crippen LogP contribution in [-0.4, -0.2) is 23.1 Å². The van der Waals surface area contributed by atoms with Crippen molar-refractivity contribution in [3.8, 4) is 0 Å². The summed E-state index contributed by atoms with van der Waals surface area (Å²) in [6.45, 7) is 0.541. The first-order valence-electron chi connectivity index (χ1n) is 5.77. The van der Waals surface area contributed by atoms with Gasteiger partial charge in [0.05, 0.1) is 6.54 Å². The number of carbonyl (C=O) groups excluding carboxylic acids is 1. The van der Waals surface area contributed by atoms with Crippen LogP contribution in [0, 0.1) is 0 Å². The molecule has 0 bridgehead atoms. The lowest BCUT2D eigenvalue weighted by Gasteiger charge is -2.22. The molecule has 2 aliphatic rings. The van der Waals surface area contributed by atoms with Crippen molar-refractivity contribution < 1.29 is 4.79 Å². The molecular weight excluding hydrogens is 244 g/mol. The molecule has 7 nitrogen and oxygen atoms in total. The molecule has 0 fully saturated rings. The Morgan fingerprint density at radius 3 is 2.89 bits per heavy atom. The molecular formula is C12H12N6O. The van der Waals surface area contributed by atoms with E-state index in [1.165, 1.54) is 0 Å². The van der Waals surface area contributed by atoms with Gasteiger partial charge >= 0.3 is 0 Å². The van der Waals surface area contributed by atoms with Crippen molar-refractivity contribution in [1.29, 1.82) is 0 Å². The Morgan fingerprint density at radius 1 is 1.26 bits per heavy atom. The number of carbonyl (C=O) groups is 1. The second-order valence-corrected chi connectivity index (χ2v) is 4.04. The number of nitrogens with zero attached hydrogens (tertiary/aromatic N) is 3. The van der Waals surface area contributed by atoms with E-state index in [2.05, 4.69) is 26.6 Å². The maximum Gasteiger partial charge on any atom is 0.187 e. The number of nitrogens with one attached hydrogen (secondary N) is 3. The van der Waals surface area contributed by atoms with Crippen LogP contribution in [0.4, 0.5) is 0 Å². The van der Waals surface area contributed by atoms with Crippen LogP contribution >= 0.6 is 0 Å². The lowest BCUT2D eigenvalue weighted by atomic mass is 10.1. The van der Waals surface area contributed by atoms with Crippen LogP contribution in [0.15, 0.2) is 46.5 Å². The highest BCUT2D eigenvalue weighted by Gasteiger charge is 2.18. The van der Waals surface area contributed by atoms with Gasteiger partial charge in [0.15, 0.2) is 5.84 Å². The van der Waals surface area contributed by atoms with Crippen LogP contribution in [0.1, 0.15) is 15.9 Å². The summed E-state index contributed by atoms with van der Waals surface area (Å²) in [7, 11) is 0. The molecule has 0 atom stereocenters. The quantitative estimate of drug-likeness (QED) is 0.669. The minimum absolute atomic E-state index is 0.541. The van der Waals surface area contributed by atoms with Crippen LogP contribution in [0.2, 0.25) is 0 Å². The van der Waals surface area contributed by atoms with Gasteiger partial charge in [-0.1, -0.05) is 24.3 Å². The summed E-state index contributed by atoms with van der Waals surface area (Å²) in [6, 6.07) is 7.35. The maximum absolute atomic E-state index is 10.6. The first-order valence-corrected chi connectivity index (χ1v) is 5.77. The topological polar surface area (TPSA) is 81.1 Å². The summed E-state index contributed by atoms with van der Waals surface area (Å²) in [5.74, 6) is 1.48. The summed E-state index contributed by atoms with van der Waals surface area (Å²) >= 11 is 0. The fourth-order valence-electron chi connectivity index (χ4n) is 1.71. The Kier molecular flexibility index (Phi) is 2.95. The monoisotopic (exact) mass is 256 g/mol. The lowest BCUT2D eigenvalue weighted by Crippen LogP contribution is -2.53. The predicted octanol–water partition coefficient (Wildman–Crippen LogP) is 0.110. The SMILES string of the molecule is O=Cc1ccc(CN=C2C=CC3=NNNN3N2)cc1. The van der Waals surface area contributed by atoms with Gasteiger partial charge in [-0.2, -0.15) is 5.12 Å². The molecule has 0 saturated heterocycles. The zero-order chi connectivity index (χ0) is 13.1. The van der Waals surface area contributed by atoms with Crippen LogP contribution in [0.3, 0.4) is 0 Å².